The maximum atomic E-state index is 12.5. The number of rotatable bonds is 6. The van der Waals surface area contributed by atoms with Crippen LogP contribution in [0.5, 0.6) is 11.5 Å². The fourth-order valence-corrected chi connectivity index (χ4v) is 2.92. The summed E-state index contributed by atoms with van der Waals surface area (Å²) in [5, 5.41) is 3.01. The highest BCUT2D eigenvalue weighted by Gasteiger charge is 2.12. The molecular formula is C21H23NO2. The molecule has 0 saturated heterocycles. The van der Waals surface area contributed by atoms with Crippen molar-refractivity contribution in [2.45, 2.75) is 32.1 Å². The molecule has 0 radical (unpaired) electrons. The summed E-state index contributed by atoms with van der Waals surface area (Å²) in [6.07, 6.45) is 8.17. The summed E-state index contributed by atoms with van der Waals surface area (Å²) in [6.45, 7) is 0.671. The molecule has 0 spiro atoms. The van der Waals surface area contributed by atoms with Crippen molar-refractivity contribution in [1.29, 1.82) is 0 Å². The van der Waals surface area contributed by atoms with Gasteiger partial charge < -0.3 is 10.1 Å². The predicted octanol–water partition coefficient (Wildman–Crippen LogP) is 5.10. The van der Waals surface area contributed by atoms with Gasteiger partial charge in [-0.2, -0.15) is 0 Å². The van der Waals surface area contributed by atoms with E-state index in [2.05, 4.69) is 11.4 Å². The zero-order chi connectivity index (χ0) is 16.6. The van der Waals surface area contributed by atoms with Crippen molar-refractivity contribution < 1.29 is 9.53 Å². The van der Waals surface area contributed by atoms with Crippen molar-refractivity contribution in [3.05, 3.63) is 71.8 Å². The standard InChI is InChI=1S/C21H23NO2/c23-21(22-16-15-17-9-3-1-4-10-17)19-13-7-8-14-20(19)24-18-11-5-2-6-12-18/h2,5-9,11-14H,1,3-4,10,15-16H2,(H,22,23). The van der Waals surface area contributed by atoms with Crippen LogP contribution >= 0.6 is 0 Å². The van der Waals surface area contributed by atoms with E-state index in [1.54, 1.807) is 6.07 Å². The molecule has 0 aliphatic heterocycles. The lowest BCUT2D eigenvalue weighted by molar-refractivity contribution is 0.0951. The minimum Gasteiger partial charge on any atom is -0.457 e. The minimum atomic E-state index is -0.0852. The Kier molecular flexibility index (Phi) is 5.67. The molecule has 0 unspecified atom stereocenters. The summed E-state index contributed by atoms with van der Waals surface area (Å²) in [5.74, 6) is 1.22. The van der Waals surface area contributed by atoms with E-state index in [-0.39, 0.29) is 5.91 Å². The largest absolute Gasteiger partial charge is 0.457 e. The van der Waals surface area contributed by atoms with E-state index in [9.17, 15) is 4.79 Å². The number of allylic oxidation sites excluding steroid dienone is 1. The van der Waals surface area contributed by atoms with Crippen LogP contribution in [0.1, 0.15) is 42.5 Å². The Morgan fingerprint density at radius 3 is 2.58 bits per heavy atom. The summed E-state index contributed by atoms with van der Waals surface area (Å²) >= 11 is 0. The first-order valence-electron chi connectivity index (χ1n) is 8.61. The number of ether oxygens (including phenoxy) is 1. The van der Waals surface area contributed by atoms with Crippen LogP contribution < -0.4 is 10.1 Å². The molecular weight excluding hydrogens is 298 g/mol. The van der Waals surface area contributed by atoms with Crippen LogP contribution in [0.25, 0.3) is 0 Å². The van der Waals surface area contributed by atoms with Gasteiger partial charge in [-0.1, -0.05) is 42.0 Å². The van der Waals surface area contributed by atoms with Gasteiger partial charge in [-0.15, -0.1) is 0 Å². The van der Waals surface area contributed by atoms with Gasteiger partial charge in [-0.25, -0.2) is 0 Å². The second-order valence-corrected chi connectivity index (χ2v) is 6.03. The van der Waals surface area contributed by atoms with E-state index in [0.29, 0.717) is 17.9 Å². The van der Waals surface area contributed by atoms with E-state index in [1.807, 2.05) is 48.5 Å². The van der Waals surface area contributed by atoms with E-state index in [1.165, 1.54) is 31.3 Å². The van der Waals surface area contributed by atoms with Crippen molar-refractivity contribution in [3.8, 4) is 11.5 Å². The molecule has 3 nitrogen and oxygen atoms in total. The van der Waals surface area contributed by atoms with Gasteiger partial charge in [0.25, 0.3) is 5.91 Å². The molecule has 0 heterocycles. The van der Waals surface area contributed by atoms with Crippen LogP contribution in [0.3, 0.4) is 0 Å². The van der Waals surface area contributed by atoms with Crippen molar-refractivity contribution in [3.63, 3.8) is 0 Å². The van der Waals surface area contributed by atoms with Crippen LogP contribution in [0.4, 0.5) is 0 Å². The van der Waals surface area contributed by atoms with Crippen LogP contribution in [-0.4, -0.2) is 12.5 Å². The molecule has 124 valence electrons. The number of nitrogens with one attached hydrogen (secondary N) is 1. The van der Waals surface area contributed by atoms with Gasteiger partial charge in [0.05, 0.1) is 5.56 Å². The van der Waals surface area contributed by atoms with Crippen molar-refractivity contribution >= 4 is 5.91 Å². The fourth-order valence-electron chi connectivity index (χ4n) is 2.92. The van der Waals surface area contributed by atoms with E-state index in [4.69, 9.17) is 4.74 Å². The monoisotopic (exact) mass is 321 g/mol. The quantitative estimate of drug-likeness (QED) is 0.752. The van der Waals surface area contributed by atoms with Crippen molar-refractivity contribution in [2.24, 2.45) is 0 Å². The number of carbonyl (C=O) groups is 1. The number of amides is 1. The van der Waals surface area contributed by atoms with E-state index in [0.717, 1.165) is 12.2 Å². The van der Waals surface area contributed by atoms with Gasteiger partial charge in [0.2, 0.25) is 0 Å². The Morgan fingerprint density at radius 1 is 1.00 bits per heavy atom. The summed E-state index contributed by atoms with van der Waals surface area (Å²) in [7, 11) is 0. The summed E-state index contributed by atoms with van der Waals surface area (Å²) in [4.78, 5) is 12.5. The SMILES string of the molecule is O=C(NCCC1=CCCCC1)c1ccccc1Oc1ccccc1. The zero-order valence-corrected chi connectivity index (χ0v) is 13.8. The molecule has 1 N–H and O–H groups in total. The Balaban J connectivity index is 1.61. The third-order valence-electron chi connectivity index (χ3n) is 4.22. The lowest BCUT2D eigenvalue weighted by Crippen LogP contribution is -2.25. The first-order chi connectivity index (χ1) is 11.8. The maximum Gasteiger partial charge on any atom is 0.255 e. The average Bonchev–Trinajstić information content (AvgIpc) is 2.64. The maximum absolute atomic E-state index is 12.5. The molecule has 0 bridgehead atoms. The molecule has 1 aliphatic carbocycles. The van der Waals surface area contributed by atoms with Gasteiger partial charge in [-0.3, -0.25) is 4.79 Å². The van der Waals surface area contributed by atoms with E-state index < -0.39 is 0 Å². The highest BCUT2D eigenvalue weighted by Crippen LogP contribution is 2.25. The van der Waals surface area contributed by atoms with Gasteiger partial charge in [0.15, 0.2) is 0 Å². The fraction of sp³-hybridized carbons (Fsp3) is 0.286. The van der Waals surface area contributed by atoms with Crippen LogP contribution in [0.15, 0.2) is 66.2 Å². The van der Waals surface area contributed by atoms with Gasteiger partial charge in [0.1, 0.15) is 11.5 Å². The molecule has 0 saturated carbocycles. The number of benzene rings is 2. The summed E-state index contributed by atoms with van der Waals surface area (Å²) in [6, 6.07) is 16.9. The molecule has 1 amide bonds. The molecule has 3 rings (SSSR count). The second kappa shape index (κ2) is 8.34. The molecule has 0 atom stereocenters. The number of para-hydroxylation sites is 2. The lowest BCUT2D eigenvalue weighted by atomic mass is 9.97. The number of hydrogen-bond donors (Lipinski definition) is 1. The average molecular weight is 321 g/mol. The first kappa shape index (κ1) is 16.3. The Morgan fingerprint density at radius 2 is 1.79 bits per heavy atom. The Hall–Kier alpha value is -2.55. The van der Waals surface area contributed by atoms with Crippen molar-refractivity contribution in [2.75, 3.05) is 6.54 Å². The van der Waals surface area contributed by atoms with E-state index >= 15 is 0 Å². The zero-order valence-electron chi connectivity index (χ0n) is 13.8. The molecule has 0 fully saturated rings. The summed E-state index contributed by atoms with van der Waals surface area (Å²) < 4.78 is 5.85. The smallest absolute Gasteiger partial charge is 0.255 e. The normalized spacial score (nSPS) is 13.9. The summed E-state index contributed by atoms with van der Waals surface area (Å²) in [5.41, 5.74) is 2.04. The number of carbonyl (C=O) groups excluding carboxylic acids is 1. The van der Waals surface area contributed by atoms with Gasteiger partial charge >= 0.3 is 0 Å². The lowest BCUT2D eigenvalue weighted by Gasteiger charge is -2.14. The topological polar surface area (TPSA) is 38.3 Å². The van der Waals surface area contributed by atoms with Gasteiger partial charge in [0, 0.05) is 6.54 Å². The second-order valence-electron chi connectivity index (χ2n) is 6.03. The van der Waals surface area contributed by atoms with Gasteiger partial charge in [-0.05, 0) is 56.4 Å². The third-order valence-corrected chi connectivity index (χ3v) is 4.22. The molecule has 24 heavy (non-hydrogen) atoms. The highest BCUT2D eigenvalue weighted by atomic mass is 16.5. The van der Waals surface area contributed by atoms with Crippen LogP contribution in [0.2, 0.25) is 0 Å². The van der Waals surface area contributed by atoms with Crippen molar-refractivity contribution in [1.82, 2.24) is 5.32 Å². The third kappa shape index (κ3) is 4.48. The first-order valence-corrected chi connectivity index (χ1v) is 8.61. The highest BCUT2D eigenvalue weighted by molar-refractivity contribution is 5.97. The minimum absolute atomic E-state index is 0.0852. The predicted molar refractivity (Wildman–Crippen MR) is 96.5 cm³/mol. The molecule has 2 aromatic carbocycles. The molecule has 3 heteroatoms. The van der Waals surface area contributed by atoms with Crippen LogP contribution in [0, 0.1) is 0 Å². The van der Waals surface area contributed by atoms with Crippen LogP contribution in [-0.2, 0) is 0 Å². The Bertz CT molecular complexity index is 707. The molecule has 0 aromatic heterocycles. The number of hydrogen-bond acceptors (Lipinski definition) is 2. The Labute approximate surface area is 143 Å². The molecule has 2 aromatic rings. The molecule has 1 aliphatic rings.